The quantitative estimate of drug-likeness (QED) is 0.592. The Bertz CT molecular complexity index is 309. The van der Waals surface area contributed by atoms with Crippen molar-refractivity contribution in [2.75, 3.05) is 5.88 Å². The maximum atomic E-state index is 6.06. The third-order valence-electron chi connectivity index (χ3n) is 2.97. The normalized spacial score (nSPS) is 14.8. The van der Waals surface area contributed by atoms with Gasteiger partial charge in [0.2, 0.25) is 0 Å². The van der Waals surface area contributed by atoms with Crippen molar-refractivity contribution in [2.24, 2.45) is 5.92 Å². The van der Waals surface area contributed by atoms with Gasteiger partial charge in [-0.2, -0.15) is 0 Å². The van der Waals surface area contributed by atoms with Gasteiger partial charge in [0, 0.05) is 10.9 Å². The first-order valence-corrected chi connectivity index (χ1v) is 6.90. The van der Waals surface area contributed by atoms with Crippen LogP contribution in [-0.4, -0.2) is 5.88 Å². The lowest BCUT2D eigenvalue weighted by molar-refractivity contribution is 0.451. The molecule has 90 valence electrons. The molecule has 0 heterocycles. The molecule has 0 nitrogen and oxygen atoms in total. The molecule has 0 spiro atoms. The first-order chi connectivity index (χ1) is 7.67. The molecule has 0 amide bonds. The van der Waals surface area contributed by atoms with E-state index >= 15 is 0 Å². The topological polar surface area (TPSA) is 0 Å². The van der Waals surface area contributed by atoms with Gasteiger partial charge in [-0.25, -0.2) is 0 Å². The molecule has 16 heavy (non-hydrogen) atoms. The van der Waals surface area contributed by atoms with Crippen LogP contribution in [0.1, 0.15) is 44.6 Å². The molecule has 2 unspecified atom stereocenters. The Kier molecular flexibility index (Phi) is 6.23. The third-order valence-corrected chi connectivity index (χ3v) is 3.58. The summed E-state index contributed by atoms with van der Waals surface area (Å²) in [7, 11) is 0. The summed E-state index contributed by atoms with van der Waals surface area (Å²) in [5.41, 5.74) is 1.27. The van der Waals surface area contributed by atoms with E-state index in [4.69, 9.17) is 23.2 Å². The van der Waals surface area contributed by atoms with Crippen LogP contribution >= 0.6 is 23.2 Å². The van der Waals surface area contributed by atoms with Gasteiger partial charge in [0.15, 0.2) is 0 Å². The van der Waals surface area contributed by atoms with Gasteiger partial charge in [-0.3, -0.25) is 0 Å². The van der Waals surface area contributed by atoms with Gasteiger partial charge in [0.25, 0.3) is 0 Å². The van der Waals surface area contributed by atoms with Gasteiger partial charge in [0.05, 0.1) is 0 Å². The highest BCUT2D eigenvalue weighted by atomic mass is 35.5. The van der Waals surface area contributed by atoms with Crippen LogP contribution in [0.3, 0.4) is 0 Å². The van der Waals surface area contributed by atoms with Crippen molar-refractivity contribution >= 4 is 23.2 Å². The van der Waals surface area contributed by atoms with Crippen LogP contribution in [0.2, 0.25) is 5.02 Å². The average Bonchev–Trinajstić information content (AvgIpc) is 2.26. The molecule has 0 aliphatic rings. The van der Waals surface area contributed by atoms with E-state index in [0.29, 0.717) is 11.8 Å². The second-order valence-corrected chi connectivity index (χ2v) is 5.28. The maximum absolute atomic E-state index is 6.06. The van der Waals surface area contributed by atoms with Gasteiger partial charge in [-0.05, 0) is 36.0 Å². The van der Waals surface area contributed by atoms with Crippen LogP contribution in [0.5, 0.6) is 0 Å². The fourth-order valence-electron chi connectivity index (χ4n) is 2.15. The molecule has 0 aliphatic carbocycles. The fourth-order valence-corrected chi connectivity index (χ4v) is 2.65. The number of hydrogen-bond acceptors (Lipinski definition) is 0. The van der Waals surface area contributed by atoms with E-state index in [0.717, 1.165) is 17.4 Å². The summed E-state index contributed by atoms with van der Waals surface area (Å²) < 4.78 is 0. The van der Waals surface area contributed by atoms with E-state index in [-0.39, 0.29) is 0 Å². The van der Waals surface area contributed by atoms with Crippen molar-refractivity contribution in [3.63, 3.8) is 0 Å². The molecular formula is C14H20Cl2. The summed E-state index contributed by atoms with van der Waals surface area (Å²) in [5, 5.41) is 0.802. The highest BCUT2D eigenvalue weighted by molar-refractivity contribution is 6.30. The zero-order chi connectivity index (χ0) is 12.0. The summed E-state index contributed by atoms with van der Waals surface area (Å²) in [6, 6.07) is 8.07. The Labute approximate surface area is 109 Å². The second kappa shape index (κ2) is 7.19. The second-order valence-electron chi connectivity index (χ2n) is 4.54. The van der Waals surface area contributed by atoms with Crippen molar-refractivity contribution in [2.45, 2.75) is 39.0 Å². The first-order valence-electron chi connectivity index (χ1n) is 5.98. The molecular weight excluding hydrogens is 239 g/mol. The summed E-state index contributed by atoms with van der Waals surface area (Å²) >= 11 is 12.1. The van der Waals surface area contributed by atoms with Crippen LogP contribution in [0.15, 0.2) is 24.3 Å². The van der Waals surface area contributed by atoms with Crippen molar-refractivity contribution in [3.8, 4) is 0 Å². The van der Waals surface area contributed by atoms with Gasteiger partial charge in [0.1, 0.15) is 0 Å². The van der Waals surface area contributed by atoms with Crippen LogP contribution in [0.4, 0.5) is 0 Å². The van der Waals surface area contributed by atoms with Crippen LogP contribution in [0.25, 0.3) is 0 Å². The molecule has 0 saturated carbocycles. The molecule has 0 radical (unpaired) electrons. The Morgan fingerprint density at radius 2 is 2.06 bits per heavy atom. The Morgan fingerprint density at radius 1 is 1.31 bits per heavy atom. The molecule has 2 heteroatoms. The molecule has 1 aromatic rings. The minimum Gasteiger partial charge on any atom is -0.126 e. The predicted molar refractivity (Wildman–Crippen MR) is 73.6 cm³/mol. The average molecular weight is 259 g/mol. The first kappa shape index (κ1) is 13.9. The number of hydrogen-bond donors (Lipinski definition) is 0. The molecule has 2 atom stereocenters. The number of rotatable bonds is 6. The van der Waals surface area contributed by atoms with E-state index < -0.39 is 0 Å². The molecule has 1 aromatic carbocycles. The van der Waals surface area contributed by atoms with Crippen LogP contribution < -0.4 is 0 Å². The molecule has 0 N–H and O–H groups in total. The van der Waals surface area contributed by atoms with Crippen LogP contribution in [0, 0.1) is 5.92 Å². The fraction of sp³-hybridized carbons (Fsp3) is 0.571. The Hall–Kier alpha value is -0.200. The van der Waals surface area contributed by atoms with Crippen molar-refractivity contribution in [3.05, 3.63) is 34.9 Å². The Morgan fingerprint density at radius 3 is 2.62 bits per heavy atom. The number of benzene rings is 1. The van der Waals surface area contributed by atoms with E-state index in [2.05, 4.69) is 19.9 Å². The zero-order valence-corrected chi connectivity index (χ0v) is 11.6. The Balaban J connectivity index is 2.67. The van der Waals surface area contributed by atoms with E-state index in [1.807, 2.05) is 18.2 Å². The van der Waals surface area contributed by atoms with E-state index in [1.54, 1.807) is 0 Å². The van der Waals surface area contributed by atoms with E-state index in [1.165, 1.54) is 18.4 Å². The largest absolute Gasteiger partial charge is 0.126 e. The number of halogens is 2. The maximum Gasteiger partial charge on any atom is 0.0408 e. The van der Waals surface area contributed by atoms with Gasteiger partial charge >= 0.3 is 0 Å². The molecule has 0 saturated heterocycles. The van der Waals surface area contributed by atoms with Crippen molar-refractivity contribution < 1.29 is 0 Å². The molecule has 0 bridgehead atoms. The van der Waals surface area contributed by atoms with Gasteiger partial charge < -0.3 is 0 Å². The lowest BCUT2D eigenvalue weighted by Gasteiger charge is -2.19. The van der Waals surface area contributed by atoms with E-state index in [9.17, 15) is 0 Å². The smallest absolute Gasteiger partial charge is 0.0408 e. The summed E-state index contributed by atoms with van der Waals surface area (Å²) in [5.74, 6) is 1.84. The van der Waals surface area contributed by atoms with Gasteiger partial charge in [-0.15, -0.1) is 11.6 Å². The highest BCUT2D eigenvalue weighted by Crippen LogP contribution is 2.28. The zero-order valence-electron chi connectivity index (χ0n) is 10.0. The lowest BCUT2D eigenvalue weighted by Crippen LogP contribution is -2.06. The monoisotopic (exact) mass is 258 g/mol. The lowest BCUT2D eigenvalue weighted by atomic mass is 9.89. The summed E-state index contributed by atoms with van der Waals surface area (Å²) in [6.45, 7) is 4.53. The van der Waals surface area contributed by atoms with Crippen molar-refractivity contribution in [1.29, 1.82) is 0 Å². The standard InChI is InChI=1S/C14H20Cl2/c1-3-5-11(2)8-13(10-15)12-6-4-7-14(16)9-12/h4,6-7,9,11,13H,3,5,8,10H2,1-2H3. The summed E-state index contributed by atoms with van der Waals surface area (Å²) in [6.07, 6.45) is 3.66. The molecule has 0 aliphatic heterocycles. The third kappa shape index (κ3) is 4.35. The highest BCUT2D eigenvalue weighted by Gasteiger charge is 2.14. The van der Waals surface area contributed by atoms with Crippen LogP contribution in [-0.2, 0) is 0 Å². The summed E-state index contributed by atoms with van der Waals surface area (Å²) in [4.78, 5) is 0. The minimum atomic E-state index is 0.432. The molecule has 0 aromatic heterocycles. The number of alkyl halides is 1. The van der Waals surface area contributed by atoms with Crippen molar-refractivity contribution in [1.82, 2.24) is 0 Å². The minimum absolute atomic E-state index is 0.432. The predicted octanol–water partition coefficient (Wildman–Crippen LogP) is 5.49. The molecule has 0 fully saturated rings. The SMILES string of the molecule is CCCC(C)CC(CCl)c1cccc(Cl)c1. The van der Waals surface area contributed by atoms with Gasteiger partial charge in [-0.1, -0.05) is 50.4 Å². The molecule has 1 rings (SSSR count).